The lowest BCUT2D eigenvalue weighted by Crippen LogP contribution is -2.33. The summed E-state index contributed by atoms with van der Waals surface area (Å²) in [6.07, 6.45) is -2.99. The third kappa shape index (κ3) is 2.02. The van der Waals surface area contributed by atoms with Gasteiger partial charge in [-0.05, 0) is 13.8 Å². The quantitative estimate of drug-likeness (QED) is 0.520. The van der Waals surface area contributed by atoms with Gasteiger partial charge in [0.15, 0.2) is 17.4 Å². The molecular formula is C15H19N5O5. The average molecular weight is 349 g/mol. The molecule has 1 fully saturated rings. The molecule has 3 aromatic rings. The van der Waals surface area contributed by atoms with Crippen molar-refractivity contribution in [1.29, 1.82) is 0 Å². The predicted octanol–water partition coefficient (Wildman–Crippen LogP) is -1.39. The summed E-state index contributed by atoms with van der Waals surface area (Å²) in [7, 11) is 1.74. The van der Waals surface area contributed by atoms with Gasteiger partial charge in [0.25, 0.3) is 5.56 Å². The Balaban J connectivity index is 1.99. The molecule has 0 bridgehead atoms. The topological polar surface area (TPSA) is 127 Å². The monoisotopic (exact) mass is 349 g/mol. The highest BCUT2D eigenvalue weighted by Gasteiger charge is 2.44. The van der Waals surface area contributed by atoms with Crippen LogP contribution in [0.2, 0.25) is 0 Å². The maximum absolute atomic E-state index is 12.8. The van der Waals surface area contributed by atoms with E-state index in [1.54, 1.807) is 11.6 Å². The molecule has 0 radical (unpaired) electrons. The van der Waals surface area contributed by atoms with Gasteiger partial charge in [-0.25, -0.2) is 14.4 Å². The Morgan fingerprint density at radius 2 is 2.00 bits per heavy atom. The van der Waals surface area contributed by atoms with E-state index in [9.17, 15) is 20.1 Å². The summed E-state index contributed by atoms with van der Waals surface area (Å²) < 4.78 is 10.2. The van der Waals surface area contributed by atoms with Crippen molar-refractivity contribution < 1.29 is 20.1 Å². The summed E-state index contributed by atoms with van der Waals surface area (Å²) >= 11 is 0. The van der Waals surface area contributed by atoms with E-state index < -0.39 is 31.1 Å². The van der Waals surface area contributed by atoms with Crippen LogP contribution in [0.15, 0.2) is 11.1 Å². The van der Waals surface area contributed by atoms with Crippen LogP contribution in [0.25, 0.3) is 16.9 Å². The van der Waals surface area contributed by atoms with Crippen LogP contribution in [-0.2, 0) is 11.8 Å². The van der Waals surface area contributed by atoms with Crippen LogP contribution in [0, 0.1) is 13.8 Å². The summed E-state index contributed by atoms with van der Waals surface area (Å²) in [5.74, 6) is 0.445. The molecule has 134 valence electrons. The van der Waals surface area contributed by atoms with Crippen molar-refractivity contribution in [2.24, 2.45) is 7.05 Å². The molecule has 0 spiro atoms. The molecule has 4 atom stereocenters. The van der Waals surface area contributed by atoms with E-state index in [0.29, 0.717) is 11.4 Å². The highest BCUT2D eigenvalue weighted by molar-refractivity contribution is 5.73. The van der Waals surface area contributed by atoms with Crippen molar-refractivity contribution in [2.45, 2.75) is 38.4 Å². The Bertz CT molecular complexity index is 1030. The first-order valence-electron chi connectivity index (χ1n) is 7.90. The Hall–Kier alpha value is -2.27. The number of imidazole rings is 2. The van der Waals surface area contributed by atoms with Crippen molar-refractivity contribution in [3.63, 3.8) is 0 Å². The van der Waals surface area contributed by atoms with Crippen LogP contribution in [0.4, 0.5) is 0 Å². The second-order valence-corrected chi connectivity index (χ2v) is 6.34. The summed E-state index contributed by atoms with van der Waals surface area (Å²) in [6, 6.07) is 0. The molecule has 0 amide bonds. The molecule has 1 aliphatic heterocycles. The number of hydrogen-bond acceptors (Lipinski definition) is 7. The first-order chi connectivity index (χ1) is 11.9. The standard InChI is InChI=1S/C15H19N5O5/c1-6-7(2)20-13(24)9-12(18(3)15(20)17-6)19(5-16-9)14-11(23)10(22)8(4-21)25-14/h5,8,10-11,14,21-23H,4H2,1-3H3/t8-,10-,11-,14-/m1/s1. The van der Waals surface area contributed by atoms with Crippen molar-refractivity contribution in [1.82, 2.24) is 23.5 Å². The number of hydrogen-bond donors (Lipinski definition) is 3. The molecule has 0 aliphatic carbocycles. The number of aryl methyl sites for hydroxylation is 3. The summed E-state index contributed by atoms with van der Waals surface area (Å²) in [4.78, 5) is 21.4. The predicted molar refractivity (Wildman–Crippen MR) is 86.2 cm³/mol. The molecule has 4 rings (SSSR count). The Morgan fingerprint density at radius 1 is 1.28 bits per heavy atom. The molecule has 1 saturated heterocycles. The van der Waals surface area contributed by atoms with Crippen LogP contribution in [0.5, 0.6) is 0 Å². The largest absolute Gasteiger partial charge is 0.394 e. The first-order valence-corrected chi connectivity index (χ1v) is 7.90. The molecule has 0 aromatic carbocycles. The second kappa shape index (κ2) is 5.36. The number of rotatable bonds is 2. The third-order valence-corrected chi connectivity index (χ3v) is 4.91. The van der Waals surface area contributed by atoms with E-state index in [2.05, 4.69) is 9.97 Å². The van der Waals surface area contributed by atoms with Gasteiger partial charge < -0.3 is 20.1 Å². The van der Waals surface area contributed by atoms with Gasteiger partial charge in [0, 0.05) is 12.7 Å². The Kier molecular flexibility index (Phi) is 3.48. The van der Waals surface area contributed by atoms with Crippen LogP contribution in [-0.4, -0.2) is 63.7 Å². The van der Waals surface area contributed by atoms with Gasteiger partial charge in [-0.2, -0.15) is 0 Å². The molecule has 4 heterocycles. The maximum atomic E-state index is 12.8. The number of aliphatic hydroxyl groups excluding tert-OH is 3. The van der Waals surface area contributed by atoms with Gasteiger partial charge >= 0.3 is 0 Å². The SMILES string of the molecule is Cc1nc2n(C)c3c(ncn3[C@@H]3O[C@H](CO)[C@@H](O)[C@H]3O)c(=O)n2c1C. The molecular weight excluding hydrogens is 330 g/mol. The van der Waals surface area contributed by atoms with Gasteiger partial charge in [0.2, 0.25) is 5.78 Å². The van der Waals surface area contributed by atoms with Crippen LogP contribution in [0.1, 0.15) is 17.6 Å². The lowest BCUT2D eigenvalue weighted by molar-refractivity contribution is -0.0512. The van der Waals surface area contributed by atoms with E-state index in [1.807, 2.05) is 13.8 Å². The number of aliphatic hydroxyl groups is 3. The molecule has 1 aliphatic rings. The molecule has 3 aromatic heterocycles. The highest BCUT2D eigenvalue weighted by Crippen LogP contribution is 2.31. The number of fused-ring (bicyclic) bond motifs is 2. The zero-order valence-corrected chi connectivity index (χ0v) is 14.0. The van der Waals surface area contributed by atoms with Gasteiger partial charge in [-0.3, -0.25) is 13.9 Å². The second-order valence-electron chi connectivity index (χ2n) is 6.34. The number of aromatic nitrogens is 5. The van der Waals surface area contributed by atoms with Crippen molar-refractivity contribution in [2.75, 3.05) is 6.61 Å². The fourth-order valence-electron chi connectivity index (χ4n) is 3.40. The zero-order chi connectivity index (χ0) is 18.0. The summed E-state index contributed by atoms with van der Waals surface area (Å²) in [5.41, 5.74) is 1.78. The summed E-state index contributed by atoms with van der Waals surface area (Å²) in [5, 5.41) is 29.5. The van der Waals surface area contributed by atoms with Crippen LogP contribution in [0.3, 0.4) is 0 Å². The smallest absolute Gasteiger partial charge is 0.287 e. The van der Waals surface area contributed by atoms with E-state index in [-0.39, 0.29) is 11.1 Å². The van der Waals surface area contributed by atoms with Crippen molar-refractivity contribution in [3.05, 3.63) is 28.1 Å². The Morgan fingerprint density at radius 3 is 2.64 bits per heavy atom. The maximum Gasteiger partial charge on any atom is 0.287 e. The Labute approximate surface area is 141 Å². The van der Waals surface area contributed by atoms with Crippen molar-refractivity contribution >= 4 is 16.9 Å². The zero-order valence-electron chi connectivity index (χ0n) is 14.0. The first kappa shape index (κ1) is 16.2. The molecule has 3 N–H and O–H groups in total. The van der Waals surface area contributed by atoms with E-state index >= 15 is 0 Å². The summed E-state index contributed by atoms with van der Waals surface area (Å²) in [6.45, 7) is 3.20. The minimum absolute atomic E-state index is 0.202. The van der Waals surface area contributed by atoms with Crippen LogP contribution < -0.4 is 5.56 Å². The van der Waals surface area contributed by atoms with Crippen molar-refractivity contribution in [3.8, 4) is 0 Å². The normalized spacial score (nSPS) is 27.0. The lowest BCUT2D eigenvalue weighted by Gasteiger charge is -2.18. The highest BCUT2D eigenvalue weighted by atomic mass is 16.6. The molecule has 10 nitrogen and oxygen atoms in total. The fraction of sp³-hybridized carbons (Fsp3) is 0.533. The van der Waals surface area contributed by atoms with Gasteiger partial charge in [-0.1, -0.05) is 0 Å². The fourth-order valence-corrected chi connectivity index (χ4v) is 3.40. The molecule has 0 saturated carbocycles. The van der Waals surface area contributed by atoms with Crippen LogP contribution >= 0.6 is 0 Å². The minimum atomic E-state index is -1.26. The van der Waals surface area contributed by atoms with Gasteiger partial charge in [-0.15, -0.1) is 0 Å². The van der Waals surface area contributed by atoms with Gasteiger partial charge in [0.05, 0.1) is 18.6 Å². The third-order valence-electron chi connectivity index (χ3n) is 4.91. The molecule has 25 heavy (non-hydrogen) atoms. The minimum Gasteiger partial charge on any atom is -0.394 e. The van der Waals surface area contributed by atoms with E-state index in [1.165, 1.54) is 15.3 Å². The van der Waals surface area contributed by atoms with E-state index in [4.69, 9.17) is 4.74 Å². The molecule has 10 heteroatoms. The molecule has 0 unspecified atom stereocenters. The van der Waals surface area contributed by atoms with E-state index in [0.717, 1.165) is 11.4 Å². The number of ether oxygens (including phenoxy) is 1. The lowest BCUT2D eigenvalue weighted by atomic mass is 10.1. The average Bonchev–Trinajstić information content (AvgIpc) is 3.23. The number of nitrogens with zero attached hydrogens (tertiary/aromatic N) is 5. The van der Waals surface area contributed by atoms with Gasteiger partial charge in [0.1, 0.15) is 18.3 Å².